The SMILES string of the molecule is c1cc2c(c(-c3cccc4c3oc3ccccc34)c1)-c1c(cccc1-n1c3ccccc3c3ccccc31)C2. The van der Waals surface area contributed by atoms with E-state index in [4.69, 9.17) is 4.42 Å². The highest BCUT2D eigenvalue weighted by Crippen LogP contribution is 2.49. The van der Waals surface area contributed by atoms with Gasteiger partial charge in [0, 0.05) is 32.7 Å². The second kappa shape index (κ2) is 7.72. The number of aromatic nitrogens is 1. The molecule has 0 saturated heterocycles. The lowest BCUT2D eigenvalue weighted by Gasteiger charge is -2.16. The highest BCUT2D eigenvalue weighted by atomic mass is 16.3. The average Bonchev–Trinajstić information content (AvgIpc) is 3.66. The number of nitrogens with zero attached hydrogens (tertiary/aromatic N) is 1. The summed E-state index contributed by atoms with van der Waals surface area (Å²) in [6.07, 6.45) is 0.930. The molecule has 2 heterocycles. The van der Waals surface area contributed by atoms with Crippen LogP contribution in [-0.2, 0) is 6.42 Å². The first kappa shape index (κ1) is 20.9. The summed E-state index contributed by atoms with van der Waals surface area (Å²) < 4.78 is 8.95. The second-order valence-electron chi connectivity index (χ2n) is 10.5. The molecule has 0 radical (unpaired) electrons. The predicted molar refractivity (Wildman–Crippen MR) is 162 cm³/mol. The van der Waals surface area contributed by atoms with Crippen LogP contribution < -0.4 is 0 Å². The first-order valence-corrected chi connectivity index (χ1v) is 13.5. The van der Waals surface area contributed by atoms with E-state index in [1.54, 1.807) is 0 Å². The Morgan fingerprint density at radius 3 is 1.85 bits per heavy atom. The molecule has 39 heavy (non-hydrogen) atoms. The Labute approximate surface area is 225 Å². The number of furan rings is 1. The van der Waals surface area contributed by atoms with Crippen molar-refractivity contribution < 1.29 is 4.42 Å². The molecule has 9 rings (SSSR count). The summed E-state index contributed by atoms with van der Waals surface area (Å²) in [6, 6.07) is 45.9. The van der Waals surface area contributed by atoms with Crippen molar-refractivity contribution in [3.63, 3.8) is 0 Å². The van der Waals surface area contributed by atoms with Crippen LogP contribution in [0.25, 0.3) is 71.7 Å². The van der Waals surface area contributed by atoms with Gasteiger partial charge in [0.25, 0.3) is 0 Å². The molecule has 2 heteroatoms. The standard InChI is InChI=1S/C37H23NO/c1-4-18-31-25(12-1)26-13-2-5-19-32(26)38(31)33-20-8-11-24-22-23-10-7-15-28(35(23)36(24)33)30-17-9-16-29-27-14-3-6-21-34(27)39-37(29)30/h1-21H,22H2. The fourth-order valence-electron chi connectivity index (χ4n) is 6.82. The topological polar surface area (TPSA) is 18.1 Å². The Kier molecular flexibility index (Phi) is 4.14. The van der Waals surface area contributed by atoms with E-state index in [2.05, 4.69) is 126 Å². The van der Waals surface area contributed by atoms with Crippen LogP contribution in [0.5, 0.6) is 0 Å². The summed E-state index contributed by atoms with van der Waals surface area (Å²) in [4.78, 5) is 0. The minimum absolute atomic E-state index is 0.930. The molecular formula is C37H23NO. The molecule has 1 aliphatic carbocycles. The number of para-hydroxylation sites is 4. The lowest BCUT2D eigenvalue weighted by Crippen LogP contribution is -1.98. The summed E-state index contributed by atoms with van der Waals surface area (Å²) in [5.74, 6) is 0. The van der Waals surface area contributed by atoms with Crippen molar-refractivity contribution in [1.29, 1.82) is 0 Å². The maximum absolute atomic E-state index is 6.50. The highest BCUT2D eigenvalue weighted by Gasteiger charge is 2.27. The van der Waals surface area contributed by atoms with Gasteiger partial charge in [-0.1, -0.05) is 103 Å². The van der Waals surface area contributed by atoms with E-state index in [1.165, 1.54) is 55.3 Å². The van der Waals surface area contributed by atoms with E-state index < -0.39 is 0 Å². The molecule has 1 aliphatic rings. The molecule has 2 aromatic heterocycles. The number of fused-ring (bicyclic) bond motifs is 9. The zero-order chi connectivity index (χ0) is 25.5. The first-order valence-electron chi connectivity index (χ1n) is 13.5. The molecule has 0 amide bonds. The third-order valence-corrected chi connectivity index (χ3v) is 8.43. The summed E-state index contributed by atoms with van der Waals surface area (Å²) in [6.45, 7) is 0. The first-order chi connectivity index (χ1) is 19.4. The van der Waals surface area contributed by atoms with Gasteiger partial charge in [0.15, 0.2) is 0 Å². The molecule has 0 N–H and O–H groups in total. The maximum Gasteiger partial charge on any atom is 0.143 e. The van der Waals surface area contributed by atoms with Gasteiger partial charge >= 0.3 is 0 Å². The monoisotopic (exact) mass is 497 g/mol. The van der Waals surface area contributed by atoms with Crippen LogP contribution in [0.3, 0.4) is 0 Å². The van der Waals surface area contributed by atoms with Crippen LogP contribution in [0.15, 0.2) is 132 Å². The fraction of sp³-hybridized carbons (Fsp3) is 0.0270. The lowest BCUT2D eigenvalue weighted by atomic mass is 9.92. The normalized spacial score (nSPS) is 12.5. The fourth-order valence-corrected chi connectivity index (χ4v) is 6.82. The molecular weight excluding hydrogens is 474 g/mol. The zero-order valence-electron chi connectivity index (χ0n) is 21.2. The smallest absolute Gasteiger partial charge is 0.143 e. The number of hydrogen-bond donors (Lipinski definition) is 0. The average molecular weight is 498 g/mol. The van der Waals surface area contributed by atoms with Crippen LogP contribution in [0, 0.1) is 0 Å². The zero-order valence-corrected chi connectivity index (χ0v) is 21.2. The molecule has 0 spiro atoms. The van der Waals surface area contributed by atoms with E-state index in [0.29, 0.717) is 0 Å². The van der Waals surface area contributed by atoms with Crippen molar-refractivity contribution in [2.45, 2.75) is 6.42 Å². The molecule has 0 aliphatic heterocycles. The van der Waals surface area contributed by atoms with Crippen molar-refractivity contribution in [2.24, 2.45) is 0 Å². The van der Waals surface area contributed by atoms with Gasteiger partial charge in [-0.15, -0.1) is 0 Å². The van der Waals surface area contributed by atoms with E-state index >= 15 is 0 Å². The van der Waals surface area contributed by atoms with Gasteiger partial charge in [-0.05, 0) is 52.9 Å². The summed E-state index contributed by atoms with van der Waals surface area (Å²) in [5, 5.41) is 4.89. The van der Waals surface area contributed by atoms with Crippen LogP contribution in [0.2, 0.25) is 0 Å². The van der Waals surface area contributed by atoms with Crippen molar-refractivity contribution in [3.05, 3.63) is 139 Å². The van der Waals surface area contributed by atoms with Crippen LogP contribution in [0.4, 0.5) is 0 Å². The molecule has 0 fully saturated rings. The van der Waals surface area contributed by atoms with Gasteiger partial charge in [0.2, 0.25) is 0 Å². The van der Waals surface area contributed by atoms with Crippen LogP contribution in [0.1, 0.15) is 11.1 Å². The summed E-state index contributed by atoms with van der Waals surface area (Å²) in [5.41, 5.74) is 13.3. The number of benzene rings is 6. The summed E-state index contributed by atoms with van der Waals surface area (Å²) in [7, 11) is 0. The largest absolute Gasteiger partial charge is 0.455 e. The van der Waals surface area contributed by atoms with Gasteiger partial charge in [0.05, 0.1) is 16.7 Å². The molecule has 6 aromatic carbocycles. The minimum Gasteiger partial charge on any atom is -0.455 e. The number of rotatable bonds is 2. The minimum atomic E-state index is 0.930. The van der Waals surface area contributed by atoms with E-state index in [9.17, 15) is 0 Å². The molecule has 0 bridgehead atoms. The Bertz CT molecular complexity index is 2210. The Morgan fingerprint density at radius 1 is 0.462 bits per heavy atom. The third-order valence-electron chi connectivity index (χ3n) is 8.43. The molecule has 0 saturated carbocycles. The molecule has 0 atom stereocenters. The van der Waals surface area contributed by atoms with Gasteiger partial charge in [0.1, 0.15) is 11.2 Å². The van der Waals surface area contributed by atoms with Crippen LogP contribution in [-0.4, -0.2) is 4.57 Å². The van der Waals surface area contributed by atoms with E-state index in [1.807, 2.05) is 6.07 Å². The summed E-state index contributed by atoms with van der Waals surface area (Å²) >= 11 is 0. The van der Waals surface area contributed by atoms with Gasteiger partial charge < -0.3 is 8.98 Å². The van der Waals surface area contributed by atoms with Crippen molar-refractivity contribution in [2.75, 3.05) is 0 Å². The van der Waals surface area contributed by atoms with Crippen LogP contribution >= 0.6 is 0 Å². The molecule has 0 unspecified atom stereocenters. The van der Waals surface area contributed by atoms with E-state index in [0.717, 1.165) is 33.9 Å². The van der Waals surface area contributed by atoms with E-state index in [-0.39, 0.29) is 0 Å². The Morgan fingerprint density at radius 2 is 1.05 bits per heavy atom. The predicted octanol–water partition coefficient (Wildman–Crippen LogP) is 9.92. The van der Waals surface area contributed by atoms with Crippen molar-refractivity contribution >= 4 is 43.7 Å². The molecule has 2 nitrogen and oxygen atoms in total. The van der Waals surface area contributed by atoms with Gasteiger partial charge in [-0.3, -0.25) is 0 Å². The Hall–Kier alpha value is -5.08. The third kappa shape index (κ3) is 2.81. The maximum atomic E-state index is 6.50. The number of hydrogen-bond acceptors (Lipinski definition) is 1. The molecule has 8 aromatic rings. The lowest BCUT2D eigenvalue weighted by molar-refractivity contribution is 0.670. The van der Waals surface area contributed by atoms with Crippen molar-refractivity contribution in [3.8, 4) is 27.9 Å². The quantitative estimate of drug-likeness (QED) is 0.232. The Balaban J connectivity index is 1.38. The second-order valence-corrected chi connectivity index (χ2v) is 10.5. The molecule has 182 valence electrons. The highest BCUT2D eigenvalue weighted by molar-refractivity contribution is 6.12. The van der Waals surface area contributed by atoms with Gasteiger partial charge in [-0.2, -0.15) is 0 Å². The van der Waals surface area contributed by atoms with Gasteiger partial charge in [-0.25, -0.2) is 0 Å². The van der Waals surface area contributed by atoms with Crippen molar-refractivity contribution in [1.82, 2.24) is 4.57 Å².